The van der Waals surface area contributed by atoms with Crippen molar-refractivity contribution in [2.24, 2.45) is 4.99 Å². The van der Waals surface area contributed by atoms with E-state index < -0.39 is 12.6 Å². The van der Waals surface area contributed by atoms with E-state index in [4.69, 9.17) is 9.47 Å². The Kier molecular flexibility index (Phi) is 11.4. The van der Waals surface area contributed by atoms with Gasteiger partial charge in [-0.1, -0.05) is 6.07 Å². The quantitative estimate of drug-likeness (QED) is 0.342. The Morgan fingerprint density at radius 3 is 2.44 bits per heavy atom. The van der Waals surface area contributed by atoms with Gasteiger partial charge in [0.2, 0.25) is 0 Å². The first kappa shape index (κ1) is 23.6. The molecule has 0 radical (unpaired) electrons. The lowest BCUT2D eigenvalue weighted by Crippen LogP contribution is -2.38. The maximum absolute atomic E-state index is 12.2. The molecular formula is C16H25F3IN3O2. The number of ether oxygens (including phenoxy) is 2. The van der Waals surface area contributed by atoms with Gasteiger partial charge in [0.15, 0.2) is 17.5 Å². The van der Waals surface area contributed by atoms with Crippen molar-refractivity contribution >= 4 is 29.9 Å². The van der Waals surface area contributed by atoms with Gasteiger partial charge in [-0.05, 0) is 31.5 Å². The Balaban J connectivity index is 0.00000576. The summed E-state index contributed by atoms with van der Waals surface area (Å²) in [6.07, 6.45) is -5.10. The lowest BCUT2D eigenvalue weighted by molar-refractivity contribution is -0.132. The molecule has 0 amide bonds. The normalized spacial score (nSPS) is 11.5. The smallest absolute Gasteiger partial charge is 0.390 e. The molecule has 1 aromatic carbocycles. The molecule has 5 nitrogen and oxygen atoms in total. The molecule has 25 heavy (non-hydrogen) atoms. The Morgan fingerprint density at radius 1 is 1.16 bits per heavy atom. The number of hydrogen-bond donors (Lipinski definition) is 2. The molecule has 0 fully saturated rings. The molecule has 1 aromatic rings. The molecule has 0 aromatic heterocycles. The monoisotopic (exact) mass is 475 g/mol. The van der Waals surface area contributed by atoms with E-state index in [9.17, 15) is 13.2 Å². The maximum atomic E-state index is 12.2. The van der Waals surface area contributed by atoms with Gasteiger partial charge in [0, 0.05) is 13.1 Å². The summed E-state index contributed by atoms with van der Waals surface area (Å²) in [7, 11) is 1.55. The lowest BCUT2D eigenvalue weighted by Gasteiger charge is -2.13. The molecule has 2 N–H and O–H groups in total. The zero-order valence-corrected chi connectivity index (χ0v) is 16.9. The van der Waals surface area contributed by atoms with E-state index in [1.807, 2.05) is 19.9 Å². The van der Waals surface area contributed by atoms with E-state index in [1.54, 1.807) is 19.2 Å². The van der Waals surface area contributed by atoms with Gasteiger partial charge in [0.05, 0.1) is 26.7 Å². The number of nitrogens with one attached hydrogen (secondary N) is 2. The number of nitrogens with zero attached hydrogens (tertiary/aromatic N) is 1. The molecule has 0 atom stereocenters. The summed E-state index contributed by atoms with van der Waals surface area (Å²) in [5.74, 6) is 1.58. The molecule has 0 saturated carbocycles. The first-order valence-corrected chi connectivity index (χ1v) is 7.78. The van der Waals surface area contributed by atoms with Gasteiger partial charge < -0.3 is 20.1 Å². The fourth-order valence-corrected chi connectivity index (χ4v) is 1.92. The number of aliphatic imine (C=N–C) groups is 1. The van der Waals surface area contributed by atoms with Gasteiger partial charge in [-0.15, -0.1) is 24.0 Å². The first-order valence-electron chi connectivity index (χ1n) is 7.78. The molecule has 0 aliphatic rings. The zero-order valence-electron chi connectivity index (χ0n) is 14.6. The van der Waals surface area contributed by atoms with Gasteiger partial charge in [0.25, 0.3) is 0 Å². The number of benzene rings is 1. The van der Waals surface area contributed by atoms with E-state index in [0.29, 0.717) is 37.2 Å². The molecule has 0 heterocycles. The van der Waals surface area contributed by atoms with Crippen LogP contribution in [0.4, 0.5) is 13.2 Å². The summed E-state index contributed by atoms with van der Waals surface area (Å²) >= 11 is 0. The highest BCUT2D eigenvalue weighted by atomic mass is 127. The van der Waals surface area contributed by atoms with Crippen molar-refractivity contribution in [1.82, 2.24) is 10.6 Å². The zero-order chi connectivity index (χ0) is 18.0. The van der Waals surface area contributed by atoms with Gasteiger partial charge in [-0.25, -0.2) is 4.99 Å². The molecule has 0 unspecified atom stereocenters. The second-order valence-corrected chi connectivity index (χ2v) is 4.91. The molecule has 0 aliphatic heterocycles. The van der Waals surface area contributed by atoms with Crippen LogP contribution in [0.2, 0.25) is 0 Å². The number of rotatable bonds is 8. The summed E-state index contributed by atoms with van der Waals surface area (Å²) in [5.41, 5.74) is 0.864. The fourth-order valence-electron chi connectivity index (χ4n) is 1.92. The second kappa shape index (κ2) is 12.0. The Morgan fingerprint density at radius 2 is 1.88 bits per heavy atom. The van der Waals surface area contributed by atoms with Gasteiger partial charge in [-0.3, -0.25) is 0 Å². The van der Waals surface area contributed by atoms with Gasteiger partial charge >= 0.3 is 6.18 Å². The van der Waals surface area contributed by atoms with E-state index in [0.717, 1.165) is 5.56 Å². The topological polar surface area (TPSA) is 54.9 Å². The standard InChI is InChI=1S/C16H24F3N3O2.HI/c1-4-20-15(21-9-8-16(17,18)19)22-11-12-6-7-13(24-5-2)14(10-12)23-3;/h6-7,10H,4-5,8-9,11H2,1-3H3,(H2,20,21,22);1H. The number of halogens is 4. The van der Waals surface area contributed by atoms with Crippen LogP contribution in [0.1, 0.15) is 25.8 Å². The third-order valence-corrected chi connectivity index (χ3v) is 2.99. The van der Waals surface area contributed by atoms with Gasteiger partial charge in [0.1, 0.15) is 0 Å². The van der Waals surface area contributed by atoms with E-state index in [1.165, 1.54) is 0 Å². The van der Waals surface area contributed by atoms with Crippen LogP contribution in [0.15, 0.2) is 23.2 Å². The lowest BCUT2D eigenvalue weighted by atomic mass is 10.2. The Hall–Kier alpha value is -1.39. The SMILES string of the molecule is CCNC(=NCc1ccc(OCC)c(OC)c1)NCCC(F)(F)F.I. The number of hydrogen-bond acceptors (Lipinski definition) is 3. The molecular weight excluding hydrogens is 450 g/mol. The highest BCUT2D eigenvalue weighted by Crippen LogP contribution is 2.28. The van der Waals surface area contributed by atoms with Crippen LogP contribution < -0.4 is 20.1 Å². The van der Waals surface area contributed by atoms with Crippen LogP contribution in [-0.4, -0.2) is 38.9 Å². The Bertz CT molecular complexity index is 540. The maximum Gasteiger partial charge on any atom is 0.390 e. The number of alkyl halides is 3. The molecule has 0 bridgehead atoms. The third kappa shape index (κ3) is 9.61. The average molecular weight is 475 g/mol. The van der Waals surface area contributed by atoms with Crippen LogP contribution in [0.25, 0.3) is 0 Å². The van der Waals surface area contributed by atoms with E-state index in [-0.39, 0.29) is 30.5 Å². The number of guanidine groups is 1. The molecule has 1 rings (SSSR count). The minimum Gasteiger partial charge on any atom is -0.493 e. The van der Waals surface area contributed by atoms with Crippen molar-refractivity contribution in [2.75, 3.05) is 26.8 Å². The first-order chi connectivity index (χ1) is 11.4. The summed E-state index contributed by atoms with van der Waals surface area (Å²) in [6, 6.07) is 5.43. The minimum atomic E-state index is -4.19. The van der Waals surface area contributed by atoms with E-state index in [2.05, 4.69) is 15.6 Å². The van der Waals surface area contributed by atoms with Crippen LogP contribution in [-0.2, 0) is 6.54 Å². The number of methoxy groups -OCH3 is 1. The predicted molar refractivity (Wildman–Crippen MR) is 103 cm³/mol. The Labute approximate surface area is 163 Å². The highest BCUT2D eigenvalue weighted by Gasteiger charge is 2.26. The fraction of sp³-hybridized carbons (Fsp3) is 0.562. The largest absolute Gasteiger partial charge is 0.493 e. The van der Waals surface area contributed by atoms with Crippen LogP contribution in [0.5, 0.6) is 11.5 Å². The van der Waals surface area contributed by atoms with Crippen LogP contribution in [0, 0.1) is 0 Å². The van der Waals surface area contributed by atoms with Crippen LogP contribution >= 0.6 is 24.0 Å². The van der Waals surface area contributed by atoms with E-state index >= 15 is 0 Å². The molecule has 0 spiro atoms. The summed E-state index contributed by atoms with van der Waals surface area (Å²) < 4.78 is 47.3. The second-order valence-electron chi connectivity index (χ2n) is 4.91. The summed E-state index contributed by atoms with van der Waals surface area (Å²) in [4.78, 5) is 4.29. The molecule has 0 aliphatic carbocycles. The van der Waals surface area contributed by atoms with Crippen molar-refractivity contribution in [3.8, 4) is 11.5 Å². The highest BCUT2D eigenvalue weighted by molar-refractivity contribution is 14.0. The summed E-state index contributed by atoms with van der Waals surface area (Å²) in [5, 5.41) is 5.59. The molecule has 9 heteroatoms. The van der Waals surface area contributed by atoms with Crippen molar-refractivity contribution in [3.63, 3.8) is 0 Å². The predicted octanol–water partition coefficient (Wildman–Crippen LogP) is 3.72. The van der Waals surface area contributed by atoms with Crippen molar-refractivity contribution in [3.05, 3.63) is 23.8 Å². The molecule has 0 saturated heterocycles. The van der Waals surface area contributed by atoms with Gasteiger partial charge in [-0.2, -0.15) is 13.2 Å². The summed E-state index contributed by atoms with van der Waals surface area (Å²) in [6.45, 7) is 4.91. The molecule has 144 valence electrons. The van der Waals surface area contributed by atoms with Crippen molar-refractivity contribution in [1.29, 1.82) is 0 Å². The average Bonchev–Trinajstić information content (AvgIpc) is 2.52. The minimum absolute atomic E-state index is 0. The van der Waals surface area contributed by atoms with Crippen LogP contribution in [0.3, 0.4) is 0 Å². The third-order valence-electron chi connectivity index (χ3n) is 2.99. The van der Waals surface area contributed by atoms with Crippen molar-refractivity contribution < 1.29 is 22.6 Å². The van der Waals surface area contributed by atoms with Crippen molar-refractivity contribution in [2.45, 2.75) is 33.0 Å².